The summed E-state index contributed by atoms with van der Waals surface area (Å²) in [6.45, 7) is 0.113. The van der Waals surface area contributed by atoms with Gasteiger partial charge >= 0.3 is 0 Å². The SMILES string of the molecule is COc1ccccc1OCCNC(=O)CN(c1ccc2c(c1)OCO2)S(C)(=O)=O. The molecule has 3 rings (SSSR count). The van der Waals surface area contributed by atoms with E-state index in [1.54, 1.807) is 31.4 Å². The molecule has 0 saturated carbocycles. The number of anilines is 1. The molecule has 156 valence electrons. The van der Waals surface area contributed by atoms with Crippen molar-refractivity contribution in [1.82, 2.24) is 5.32 Å². The number of nitrogens with one attached hydrogen (secondary N) is 1. The number of methoxy groups -OCH3 is 1. The molecule has 1 amide bonds. The Kier molecular flexibility index (Phi) is 6.32. The Morgan fingerprint density at radius 1 is 1.14 bits per heavy atom. The van der Waals surface area contributed by atoms with E-state index in [4.69, 9.17) is 18.9 Å². The summed E-state index contributed by atoms with van der Waals surface area (Å²) in [4.78, 5) is 12.3. The van der Waals surface area contributed by atoms with Gasteiger partial charge < -0.3 is 24.3 Å². The molecule has 0 aliphatic carbocycles. The van der Waals surface area contributed by atoms with Crippen LogP contribution in [0.15, 0.2) is 42.5 Å². The molecule has 2 aromatic carbocycles. The van der Waals surface area contributed by atoms with E-state index in [9.17, 15) is 13.2 Å². The zero-order valence-corrected chi connectivity index (χ0v) is 16.9. The Bertz CT molecular complexity index is 978. The molecule has 0 fully saturated rings. The smallest absolute Gasteiger partial charge is 0.240 e. The number of carbonyl (C=O) groups excluding carboxylic acids is 1. The van der Waals surface area contributed by atoms with Crippen molar-refractivity contribution in [3.05, 3.63) is 42.5 Å². The lowest BCUT2D eigenvalue weighted by Crippen LogP contribution is -2.41. The molecular formula is C19H22N2O7S. The van der Waals surface area contributed by atoms with Crippen LogP contribution >= 0.6 is 0 Å². The second kappa shape index (κ2) is 8.91. The summed E-state index contributed by atoms with van der Waals surface area (Å²) in [6, 6.07) is 11.9. The molecule has 2 aromatic rings. The van der Waals surface area contributed by atoms with Crippen LogP contribution in [0.1, 0.15) is 0 Å². The van der Waals surface area contributed by atoms with Crippen LogP contribution in [0.3, 0.4) is 0 Å². The predicted molar refractivity (Wildman–Crippen MR) is 106 cm³/mol. The van der Waals surface area contributed by atoms with Crippen molar-refractivity contribution in [3.63, 3.8) is 0 Å². The first-order chi connectivity index (χ1) is 13.9. The van der Waals surface area contributed by atoms with Crippen molar-refractivity contribution in [3.8, 4) is 23.0 Å². The van der Waals surface area contributed by atoms with Crippen molar-refractivity contribution in [1.29, 1.82) is 0 Å². The van der Waals surface area contributed by atoms with Crippen LogP contribution in [-0.4, -0.2) is 54.2 Å². The highest BCUT2D eigenvalue weighted by Crippen LogP contribution is 2.36. The third kappa shape index (κ3) is 5.23. The molecule has 0 radical (unpaired) electrons. The van der Waals surface area contributed by atoms with Gasteiger partial charge in [0.05, 0.1) is 25.6 Å². The maximum absolute atomic E-state index is 12.3. The first-order valence-electron chi connectivity index (χ1n) is 8.78. The summed E-state index contributed by atoms with van der Waals surface area (Å²) in [5.74, 6) is 1.64. The molecule has 1 N–H and O–H groups in total. The van der Waals surface area contributed by atoms with Gasteiger partial charge in [0, 0.05) is 6.07 Å². The Morgan fingerprint density at radius 2 is 1.86 bits per heavy atom. The maximum atomic E-state index is 12.3. The van der Waals surface area contributed by atoms with Crippen LogP contribution < -0.4 is 28.6 Å². The maximum Gasteiger partial charge on any atom is 0.240 e. The number of carbonyl (C=O) groups is 1. The number of nitrogens with zero attached hydrogens (tertiary/aromatic N) is 1. The van der Waals surface area contributed by atoms with E-state index in [0.717, 1.165) is 10.6 Å². The number of fused-ring (bicyclic) bond motifs is 1. The number of benzene rings is 2. The molecule has 0 spiro atoms. The van der Waals surface area contributed by atoms with Gasteiger partial charge in [0.1, 0.15) is 13.2 Å². The summed E-state index contributed by atoms with van der Waals surface area (Å²) >= 11 is 0. The minimum atomic E-state index is -3.68. The minimum absolute atomic E-state index is 0.0738. The molecule has 29 heavy (non-hydrogen) atoms. The molecule has 0 unspecified atom stereocenters. The lowest BCUT2D eigenvalue weighted by molar-refractivity contribution is -0.119. The highest BCUT2D eigenvalue weighted by Gasteiger charge is 2.23. The highest BCUT2D eigenvalue weighted by molar-refractivity contribution is 7.92. The first-order valence-corrected chi connectivity index (χ1v) is 10.6. The van der Waals surface area contributed by atoms with Gasteiger partial charge in [-0.15, -0.1) is 0 Å². The van der Waals surface area contributed by atoms with Crippen molar-refractivity contribution >= 4 is 21.6 Å². The molecule has 1 aliphatic heterocycles. The third-order valence-corrected chi connectivity index (χ3v) is 5.22. The number of sulfonamides is 1. The number of para-hydroxylation sites is 2. The zero-order chi connectivity index (χ0) is 20.9. The van der Waals surface area contributed by atoms with E-state index < -0.39 is 15.9 Å². The van der Waals surface area contributed by atoms with Crippen LogP contribution in [0, 0.1) is 0 Å². The van der Waals surface area contributed by atoms with Crippen molar-refractivity contribution in [2.24, 2.45) is 0 Å². The molecule has 1 heterocycles. The normalized spacial score (nSPS) is 12.3. The summed E-state index contributed by atoms with van der Waals surface area (Å²) in [7, 11) is -2.14. The molecule has 1 aliphatic rings. The van der Waals surface area contributed by atoms with Crippen LogP contribution in [0.2, 0.25) is 0 Å². The summed E-state index contributed by atoms with van der Waals surface area (Å²) in [5.41, 5.74) is 0.317. The van der Waals surface area contributed by atoms with E-state index in [0.29, 0.717) is 28.7 Å². The fourth-order valence-electron chi connectivity index (χ4n) is 2.72. The van der Waals surface area contributed by atoms with E-state index in [2.05, 4.69) is 5.32 Å². The predicted octanol–water partition coefficient (Wildman–Crippen LogP) is 1.39. The average molecular weight is 422 g/mol. The number of rotatable bonds is 9. The molecule has 0 atom stereocenters. The second-order valence-electron chi connectivity index (χ2n) is 6.16. The van der Waals surface area contributed by atoms with Crippen molar-refractivity contribution in [2.75, 3.05) is 44.2 Å². The molecule has 0 aromatic heterocycles. The van der Waals surface area contributed by atoms with E-state index in [-0.39, 0.29) is 26.5 Å². The largest absolute Gasteiger partial charge is 0.493 e. The van der Waals surface area contributed by atoms with Gasteiger partial charge in [0.2, 0.25) is 22.7 Å². The summed E-state index contributed by atoms with van der Waals surface area (Å²) < 4.78 is 46.7. The molecule has 0 bridgehead atoms. The topological polar surface area (TPSA) is 103 Å². The first kappa shape index (κ1) is 20.6. The van der Waals surface area contributed by atoms with Crippen LogP contribution in [0.25, 0.3) is 0 Å². The monoisotopic (exact) mass is 422 g/mol. The van der Waals surface area contributed by atoms with Crippen LogP contribution in [-0.2, 0) is 14.8 Å². The number of ether oxygens (including phenoxy) is 4. The van der Waals surface area contributed by atoms with Crippen LogP contribution in [0.4, 0.5) is 5.69 Å². The average Bonchev–Trinajstić information content (AvgIpc) is 3.16. The minimum Gasteiger partial charge on any atom is -0.493 e. The molecular weight excluding hydrogens is 400 g/mol. The van der Waals surface area contributed by atoms with E-state index in [1.807, 2.05) is 12.1 Å². The standard InChI is InChI=1S/C19H22N2O7S/c1-25-15-5-3-4-6-16(15)26-10-9-20-19(22)12-21(29(2,23)24)14-7-8-17-18(11-14)28-13-27-17/h3-8,11H,9-10,12-13H2,1-2H3,(H,20,22). The number of hydrogen-bond acceptors (Lipinski definition) is 7. The second-order valence-corrected chi connectivity index (χ2v) is 8.06. The Labute approximate surface area is 169 Å². The Hall–Kier alpha value is -3.14. The number of amides is 1. The lowest BCUT2D eigenvalue weighted by atomic mass is 10.3. The molecule has 10 heteroatoms. The Morgan fingerprint density at radius 3 is 2.59 bits per heavy atom. The molecule has 9 nitrogen and oxygen atoms in total. The summed E-state index contributed by atoms with van der Waals surface area (Å²) in [6.07, 6.45) is 1.04. The summed E-state index contributed by atoms with van der Waals surface area (Å²) in [5, 5.41) is 2.65. The van der Waals surface area contributed by atoms with E-state index >= 15 is 0 Å². The third-order valence-electron chi connectivity index (χ3n) is 4.08. The van der Waals surface area contributed by atoms with Crippen molar-refractivity contribution in [2.45, 2.75) is 0 Å². The van der Waals surface area contributed by atoms with Gasteiger partial charge in [-0.25, -0.2) is 8.42 Å². The van der Waals surface area contributed by atoms with Crippen LogP contribution in [0.5, 0.6) is 23.0 Å². The van der Waals surface area contributed by atoms with Gasteiger partial charge in [0.25, 0.3) is 0 Å². The van der Waals surface area contributed by atoms with Crippen molar-refractivity contribution < 1.29 is 32.2 Å². The lowest BCUT2D eigenvalue weighted by Gasteiger charge is -2.22. The molecule has 0 saturated heterocycles. The van der Waals surface area contributed by atoms with Gasteiger partial charge in [-0.2, -0.15) is 0 Å². The van der Waals surface area contributed by atoms with E-state index in [1.165, 1.54) is 6.07 Å². The van der Waals surface area contributed by atoms with Gasteiger partial charge in [-0.1, -0.05) is 12.1 Å². The number of hydrogen-bond donors (Lipinski definition) is 1. The Balaban J connectivity index is 1.57. The zero-order valence-electron chi connectivity index (χ0n) is 16.1. The fraction of sp³-hybridized carbons (Fsp3) is 0.316. The highest BCUT2D eigenvalue weighted by atomic mass is 32.2. The van der Waals surface area contributed by atoms with Gasteiger partial charge in [0.15, 0.2) is 23.0 Å². The van der Waals surface area contributed by atoms with Gasteiger partial charge in [-0.3, -0.25) is 9.10 Å². The quantitative estimate of drug-likeness (QED) is 0.609. The van der Waals surface area contributed by atoms with Gasteiger partial charge in [-0.05, 0) is 24.3 Å². The fourth-order valence-corrected chi connectivity index (χ4v) is 3.56.